The highest BCUT2D eigenvalue weighted by Gasteiger charge is 2.17. The number of rotatable bonds is 1. The van der Waals surface area contributed by atoms with Crippen molar-refractivity contribution in [2.24, 2.45) is 0 Å². The van der Waals surface area contributed by atoms with Crippen LogP contribution in [0, 0.1) is 0 Å². The van der Waals surface area contributed by atoms with Gasteiger partial charge in [0.2, 0.25) is 0 Å². The number of aryl methyl sites for hydroxylation is 1. The van der Waals surface area contributed by atoms with Gasteiger partial charge in [0.1, 0.15) is 5.75 Å². The minimum absolute atomic E-state index is 0.968. The zero-order chi connectivity index (χ0) is 9.26. The topological polar surface area (TPSA) is 22.1 Å². The fraction of sp³-hybridized carbons (Fsp3) is 0.500. The molecule has 2 rings (SSSR count). The van der Waals surface area contributed by atoms with Crippen LogP contribution in [0.2, 0.25) is 0 Å². The molecule has 0 spiro atoms. The van der Waals surface area contributed by atoms with Crippen LogP contribution in [0.1, 0.15) is 24.1 Å². The molecule has 0 saturated carbocycles. The third kappa shape index (κ3) is 1.57. The van der Waals surface area contributed by atoms with E-state index in [-0.39, 0.29) is 0 Å². The van der Waals surface area contributed by atoms with Gasteiger partial charge in [-0.2, -0.15) is 0 Å². The lowest BCUT2D eigenvalue weighted by Gasteiger charge is -2.18. The fourth-order valence-corrected chi connectivity index (χ4v) is 2.34. The molecule has 1 aromatic rings. The Bertz CT molecular complexity index is 325. The zero-order valence-electron chi connectivity index (χ0n) is 7.64. The Hall–Kier alpha value is -0.570. The normalized spacial score (nSPS) is 15.2. The van der Waals surface area contributed by atoms with Crippen molar-refractivity contribution in [1.29, 1.82) is 0 Å². The second kappa shape index (κ2) is 3.66. The van der Waals surface area contributed by atoms with Crippen LogP contribution in [0.4, 0.5) is 0 Å². The molecule has 0 fully saturated rings. The Balaban J connectivity index is 2.52. The van der Waals surface area contributed by atoms with Gasteiger partial charge >= 0.3 is 0 Å². The second-order valence-electron chi connectivity index (χ2n) is 3.27. The number of fused-ring (bicyclic) bond motifs is 1. The molecule has 1 aliphatic carbocycles. The molecule has 1 aliphatic rings. The van der Waals surface area contributed by atoms with Gasteiger partial charge in [-0.25, -0.2) is 0 Å². The van der Waals surface area contributed by atoms with Gasteiger partial charge in [-0.1, -0.05) is 0 Å². The maximum atomic E-state index is 5.36. The van der Waals surface area contributed by atoms with Gasteiger partial charge in [-0.15, -0.1) is 0 Å². The van der Waals surface area contributed by atoms with Gasteiger partial charge in [0.25, 0.3) is 0 Å². The minimum atomic E-state index is 0.968. The van der Waals surface area contributed by atoms with Crippen molar-refractivity contribution in [3.05, 3.63) is 21.9 Å². The predicted molar refractivity (Wildman–Crippen MR) is 55.1 cm³/mol. The van der Waals surface area contributed by atoms with Gasteiger partial charge in [0, 0.05) is 17.5 Å². The van der Waals surface area contributed by atoms with Crippen molar-refractivity contribution in [3.8, 4) is 5.75 Å². The summed E-state index contributed by atoms with van der Waals surface area (Å²) in [7, 11) is 1.72. The molecular formula is C10H12BrNO. The van der Waals surface area contributed by atoms with Crippen LogP contribution in [0.3, 0.4) is 0 Å². The number of hydrogen-bond acceptors (Lipinski definition) is 2. The molecule has 0 aromatic carbocycles. The summed E-state index contributed by atoms with van der Waals surface area (Å²) in [4.78, 5) is 4.40. The molecule has 0 saturated heterocycles. The fourth-order valence-electron chi connectivity index (χ4n) is 1.83. The van der Waals surface area contributed by atoms with Crippen molar-refractivity contribution in [3.63, 3.8) is 0 Å². The predicted octanol–water partition coefficient (Wildman–Crippen LogP) is 2.73. The highest BCUT2D eigenvalue weighted by molar-refractivity contribution is 9.10. The monoisotopic (exact) mass is 241 g/mol. The molecule has 0 atom stereocenters. The van der Waals surface area contributed by atoms with Crippen molar-refractivity contribution >= 4 is 15.9 Å². The van der Waals surface area contributed by atoms with E-state index in [0.717, 1.165) is 23.1 Å². The standard InChI is InChI=1S/C10H12BrNO/c1-13-10-7-4-2-3-5-9(7)12-6-8(10)11/h6H,2-5H2,1H3. The van der Waals surface area contributed by atoms with Crippen LogP contribution in [-0.4, -0.2) is 12.1 Å². The summed E-state index contributed by atoms with van der Waals surface area (Å²) in [6, 6.07) is 0. The molecule has 70 valence electrons. The maximum Gasteiger partial charge on any atom is 0.139 e. The quantitative estimate of drug-likeness (QED) is 0.755. The number of pyridine rings is 1. The summed E-state index contributed by atoms with van der Waals surface area (Å²) in [5.41, 5.74) is 2.51. The smallest absolute Gasteiger partial charge is 0.139 e. The van der Waals surface area contributed by atoms with E-state index in [1.54, 1.807) is 7.11 Å². The summed E-state index contributed by atoms with van der Waals surface area (Å²) < 4.78 is 6.32. The molecule has 3 heteroatoms. The van der Waals surface area contributed by atoms with E-state index in [9.17, 15) is 0 Å². The van der Waals surface area contributed by atoms with E-state index in [2.05, 4.69) is 20.9 Å². The first-order valence-electron chi connectivity index (χ1n) is 4.53. The molecular weight excluding hydrogens is 230 g/mol. The number of ether oxygens (including phenoxy) is 1. The highest BCUT2D eigenvalue weighted by atomic mass is 79.9. The Morgan fingerprint density at radius 1 is 1.38 bits per heavy atom. The van der Waals surface area contributed by atoms with Crippen LogP contribution in [-0.2, 0) is 12.8 Å². The minimum Gasteiger partial charge on any atom is -0.495 e. The van der Waals surface area contributed by atoms with E-state index < -0.39 is 0 Å². The van der Waals surface area contributed by atoms with E-state index in [0.29, 0.717) is 0 Å². The number of aromatic nitrogens is 1. The Labute approximate surface area is 86.5 Å². The number of methoxy groups -OCH3 is 1. The lowest BCUT2D eigenvalue weighted by molar-refractivity contribution is 0.402. The largest absolute Gasteiger partial charge is 0.495 e. The van der Waals surface area contributed by atoms with E-state index in [1.807, 2.05) is 6.20 Å². The van der Waals surface area contributed by atoms with E-state index in [1.165, 1.54) is 24.1 Å². The summed E-state index contributed by atoms with van der Waals surface area (Å²) in [6.45, 7) is 0. The number of nitrogens with zero attached hydrogens (tertiary/aromatic N) is 1. The first-order chi connectivity index (χ1) is 6.33. The van der Waals surface area contributed by atoms with Crippen molar-refractivity contribution in [2.45, 2.75) is 25.7 Å². The Morgan fingerprint density at radius 2 is 2.15 bits per heavy atom. The summed E-state index contributed by atoms with van der Waals surface area (Å²) in [5.74, 6) is 0.977. The Morgan fingerprint density at radius 3 is 2.92 bits per heavy atom. The van der Waals surface area contributed by atoms with Crippen LogP contribution < -0.4 is 4.74 Å². The summed E-state index contributed by atoms with van der Waals surface area (Å²) in [5, 5.41) is 0. The number of halogens is 1. The molecule has 0 radical (unpaired) electrons. The van der Waals surface area contributed by atoms with Crippen molar-refractivity contribution in [1.82, 2.24) is 4.98 Å². The molecule has 2 nitrogen and oxygen atoms in total. The first-order valence-corrected chi connectivity index (χ1v) is 5.32. The van der Waals surface area contributed by atoms with Crippen molar-refractivity contribution in [2.75, 3.05) is 7.11 Å². The van der Waals surface area contributed by atoms with E-state index in [4.69, 9.17) is 4.74 Å². The summed E-state index contributed by atoms with van der Waals surface area (Å²) in [6.07, 6.45) is 6.54. The lowest BCUT2D eigenvalue weighted by Crippen LogP contribution is -2.07. The molecule has 0 unspecified atom stereocenters. The maximum absolute atomic E-state index is 5.36. The van der Waals surface area contributed by atoms with E-state index >= 15 is 0 Å². The molecule has 0 N–H and O–H groups in total. The zero-order valence-corrected chi connectivity index (χ0v) is 9.23. The van der Waals surface area contributed by atoms with Crippen LogP contribution in [0.25, 0.3) is 0 Å². The molecule has 1 heterocycles. The van der Waals surface area contributed by atoms with Gasteiger partial charge in [-0.05, 0) is 41.6 Å². The average Bonchev–Trinajstić information content (AvgIpc) is 2.18. The molecule has 0 amide bonds. The van der Waals surface area contributed by atoms with Gasteiger partial charge in [0.15, 0.2) is 0 Å². The van der Waals surface area contributed by atoms with Crippen LogP contribution >= 0.6 is 15.9 Å². The van der Waals surface area contributed by atoms with Crippen LogP contribution in [0.5, 0.6) is 5.75 Å². The third-order valence-corrected chi connectivity index (χ3v) is 3.03. The molecule has 0 bridgehead atoms. The van der Waals surface area contributed by atoms with Gasteiger partial charge in [-0.3, -0.25) is 4.98 Å². The molecule has 0 aliphatic heterocycles. The molecule has 13 heavy (non-hydrogen) atoms. The second-order valence-corrected chi connectivity index (χ2v) is 4.13. The first kappa shape index (κ1) is 9.00. The lowest BCUT2D eigenvalue weighted by atomic mass is 9.95. The van der Waals surface area contributed by atoms with Crippen LogP contribution in [0.15, 0.2) is 10.7 Å². The average molecular weight is 242 g/mol. The highest BCUT2D eigenvalue weighted by Crippen LogP contribution is 2.33. The van der Waals surface area contributed by atoms with Gasteiger partial charge in [0.05, 0.1) is 11.6 Å². The van der Waals surface area contributed by atoms with Crippen molar-refractivity contribution < 1.29 is 4.74 Å². The molecule has 1 aromatic heterocycles. The third-order valence-electron chi connectivity index (χ3n) is 2.47. The Kier molecular flexibility index (Phi) is 2.54. The number of hydrogen-bond donors (Lipinski definition) is 0. The summed E-state index contributed by atoms with van der Waals surface area (Å²) >= 11 is 3.45. The van der Waals surface area contributed by atoms with Gasteiger partial charge < -0.3 is 4.74 Å². The SMILES string of the molecule is COc1c(Br)cnc2c1CCCC2.